The van der Waals surface area contributed by atoms with E-state index in [1.165, 1.54) is 12.1 Å². The maximum atomic E-state index is 13.4. The van der Waals surface area contributed by atoms with Gasteiger partial charge in [-0.2, -0.15) is 13.2 Å². The number of alkyl halides is 3. The third-order valence-electron chi connectivity index (χ3n) is 2.12. The van der Waals surface area contributed by atoms with Gasteiger partial charge in [0.1, 0.15) is 18.2 Å². The van der Waals surface area contributed by atoms with Crippen LogP contribution in [-0.2, 0) is 0 Å². The molecule has 0 saturated heterocycles. The van der Waals surface area contributed by atoms with Crippen LogP contribution in [0.3, 0.4) is 0 Å². The smallest absolute Gasteiger partial charge is 0.389 e. The van der Waals surface area contributed by atoms with Crippen LogP contribution in [0.1, 0.15) is 18.4 Å². The van der Waals surface area contributed by atoms with Crippen LogP contribution in [0.25, 0.3) is 0 Å². The molecule has 104 valence electrons. The molecule has 0 bridgehead atoms. The molecule has 1 rings (SSSR count). The SMILES string of the molecule is OCC#Cc1ccc(OCCCC(F)(F)F)cc1F. The molecule has 0 radical (unpaired) electrons. The van der Waals surface area contributed by atoms with Gasteiger partial charge in [-0.1, -0.05) is 11.8 Å². The van der Waals surface area contributed by atoms with Crippen LogP contribution < -0.4 is 4.74 Å². The van der Waals surface area contributed by atoms with Crippen LogP contribution in [0.4, 0.5) is 17.6 Å². The Bertz CT molecular complexity index is 472. The number of rotatable bonds is 4. The number of aliphatic hydroxyl groups is 1. The van der Waals surface area contributed by atoms with Gasteiger partial charge < -0.3 is 9.84 Å². The third kappa shape index (κ3) is 6.11. The zero-order valence-electron chi connectivity index (χ0n) is 9.93. The Kier molecular flexibility index (Phi) is 5.64. The zero-order valence-corrected chi connectivity index (χ0v) is 9.93. The van der Waals surface area contributed by atoms with Gasteiger partial charge in [0.05, 0.1) is 12.2 Å². The van der Waals surface area contributed by atoms with E-state index < -0.39 is 18.4 Å². The van der Waals surface area contributed by atoms with Crippen LogP contribution >= 0.6 is 0 Å². The van der Waals surface area contributed by atoms with Crippen molar-refractivity contribution in [3.63, 3.8) is 0 Å². The number of benzene rings is 1. The summed E-state index contributed by atoms with van der Waals surface area (Å²) < 4.78 is 54.0. The molecular weight excluding hydrogens is 264 g/mol. The largest absolute Gasteiger partial charge is 0.493 e. The summed E-state index contributed by atoms with van der Waals surface area (Å²) in [5, 5.41) is 8.47. The second-order valence-corrected chi connectivity index (χ2v) is 3.67. The first-order valence-electron chi connectivity index (χ1n) is 5.51. The normalized spacial score (nSPS) is 10.8. The fourth-order valence-corrected chi connectivity index (χ4v) is 1.28. The van der Waals surface area contributed by atoms with Crippen LogP contribution in [0.2, 0.25) is 0 Å². The Balaban J connectivity index is 2.50. The first-order chi connectivity index (χ1) is 8.92. The van der Waals surface area contributed by atoms with Crippen LogP contribution in [0.5, 0.6) is 5.75 Å². The molecule has 0 aromatic heterocycles. The Morgan fingerprint density at radius 3 is 2.58 bits per heavy atom. The van der Waals surface area contributed by atoms with E-state index in [0.29, 0.717) is 0 Å². The van der Waals surface area contributed by atoms with Gasteiger partial charge in [0.25, 0.3) is 0 Å². The average Bonchev–Trinajstić information content (AvgIpc) is 2.32. The Hall–Kier alpha value is -1.74. The lowest BCUT2D eigenvalue weighted by Gasteiger charge is -2.08. The molecule has 0 heterocycles. The van der Waals surface area contributed by atoms with Crippen molar-refractivity contribution >= 4 is 0 Å². The van der Waals surface area contributed by atoms with Gasteiger partial charge in [0.15, 0.2) is 0 Å². The molecular formula is C13H12F4O2. The summed E-state index contributed by atoms with van der Waals surface area (Å²) in [6.07, 6.45) is -5.33. The number of hydrogen-bond donors (Lipinski definition) is 1. The molecule has 0 aliphatic rings. The highest BCUT2D eigenvalue weighted by atomic mass is 19.4. The van der Waals surface area contributed by atoms with Crippen molar-refractivity contribution in [2.75, 3.05) is 13.2 Å². The van der Waals surface area contributed by atoms with E-state index in [-0.39, 0.29) is 30.9 Å². The van der Waals surface area contributed by atoms with Crippen molar-refractivity contribution in [1.82, 2.24) is 0 Å². The fourth-order valence-electron chi connectivity index (χ4n) is 1.28. The van der Waals surface area contributed by atoms with Gasteiger partial charge in [0.2, 0.25) is 0 Å². The summed E-state index contributed by atoms with van der Waals surface area (Å²) in [6, 6.07) is 3.81. The number of halogens is 4. The summed E-state index contributed by atoms with van der Waals surface area (Å²) >= 11 is 0. The van der Waals surface area contributed by atoms with E-state index in [4.69, 9.17) is 9.84 Å². The van der Waals surface area contributed by atoms with E-state index in [1.54, 1.807) is 0 Å². The summed E-state index contributed by atoms with van der Waals surface area (Å²) in [4.78, 5) is 0. The van der Waals surface area contributed by atoms with E-state index in [9.17, 15) is 17.6 Å². The van der Waals surface area contributed by atoms with E-state index in [0.717, 1.165) is 6.07 Å². The molecule has 1 N–H and O–H groups in total. The molecule has 0 fully saturated rings. The Morgan fingerprint density at radius 1 is 1.26 bits per heavy atom. The minimum absolute atomic E-state index is 0.0942. The minimum atomic E-state index is -4.21. The van der Waals surface area contributed by atoms with Crippen LogP contribution in [-0.4, -0.2) is 24.5 Å². The van der Waals surface area contributed by atoms with Crippen molar-refractivity contribution in [2.45, 2.75) is 19.0 Å². The van der Waals surface area contributed by atoms with Gasteiger partial charge in [-0.05, 0) is 18.6 Å². The summed E-state index contributed by atoms with van der Waals surface area (Å²) in [5.41, 5.74) is 0.0942. The molecule has 0 atom stereocenters. The lowest BCUT2D eigenvalue weighted by molar-refractivity contribution is -0.136. The summed E-state index contributed by atoms with van der Waals surface area (Å²) in [7, 11) is 0. The summed E-state index contributed by atoms with van der Waals surface area (Å²) in [6.45, 7) is -0.518. The number of ether oxygens (including phenoxy) is 1. The maximum Gasteiger partial charge on any atom is 0.389 e. The molecule has 0 amide bonds. The first-order valence-corrected chi connectivity index (χ1v) is 5.51. The standard InChI is InChI=1S/C13H12F4O2/c14-12-9-11(5-4-10(12)3-1-7-18)19-8-2-6-13(15,16)17/h4-5,9,18H,2,6-8H2. The minimum Gasteiger partial charge on any atom is -0.493 e. The lowest BCUT2D eigenvalue weighted by Crippen LogP contribution is -2.09. The van der Waals surface area contributed by atoms with Gasteiger partial charge in [-0.25, -0.2) is 4.39 Å². The van der Waals surface area contributed by atoms with Crippen molar-refractivity contribution in [1.29, 1.82) is 0 Å². The van der Waals surface area contributed by atoms with Crippen molar-refractivity contribution < 1.29 is 27.4 Å². The van der Waals surface area contributed by atoms with Crippen LogP contribution in [0.15, 0.2) is 18.2 Å². The molecule has 19 heavy (non-hydrogen) atoms. The van der Waals surface area contributed by atoms with Gasteiger partial charge in [-0.3, -0.25) is 0 Å². The second kappa shape index (κ2) is 7.00. The van der Waals surface area contributed by atoms with E-state index in [1.807, 2.05) is 0 Å². The quantitative estimate of drug-likeness (QED) is 0.520. The highest BCUT2D eigenvalue weighted by molar-refractivity contribution is 5.39. The molecule has 0 aliphatic heterocycles. The molecule has 6 heteroatoms. The monoisotopic (exact) mass is 276 g/mol. The molecule has 1 aromatic rings. The molecule has 0 spiro atoms. The second-order valence-electron chi connectivity index (χ2n) is 3.67. The first kappa shape index (κ1) is 15.3. The molecule has 1 aromatic carbocycles. The van der Waals surface area contributed by atoms with Gasteiger partial charge >= 0.3 is 6.18 Å². The van der Waals surface area contributed by atoms with Crippen LogP contribution in [0, 0.1) is 17.7 Å². The Labute approximate surface area is 108 Å². The Morgan fingerprint density at radius 2 is 2.00 bits per heavy atom. The van der Waals surface area contributed by atoms with Crippen molar-refractivity contribution in [2.24, 2.45) is 0 Å². The highest BCUT2D eigenvalue weighted by Crippen LogP contribution is 2.22. The zero-order chi connectivity index (χ0) is 14.3. The molecule has 0 unspecified atom stereocenters. The van der Waals surface area contributed by atoms with Gasteiger partial charge in [0, 0.05) is 12.5 Å². The maximum absolute atomic E-state index is 13.4. The van der Waals surface area contributed by atoms with Crippen molar-refractivity contribution in [3.05, 3.63) is 29.6 Å². The predicted octanol–water partition coefficient (Wildman–Crippen LogP) is 2.89. The van der Waals surface area contributed by atoms with E-state index in [2.05, 4.69) is 11.8 Å². The fraction of sp³-hybridized carbons (Fsp3) is 0.385. The lowest BCUT2D eigenvalue weighted by atomic mass is 10.2. The predicted molar refractivity (Wildman–Crippen MR) is 61.1 cm³/mol. The van der Waals surface area contributed by atoms with E-state index >= 15 is 0 Å². The number of hydrogen-bond acceptors (Lipinski definition) is 2. The van der Waals surface area contributed by atoms with Crippen molar-refractivity contribution in [3.8, 4) is 17.6 Å². The molecule has 0 saturated carbocycles. The number of aliphatic hydroxyl groups excluding tert-OH is 1. The van der Waals surface area contributed by atoms with Gasteiger partial charge in [-0.15, -0.1) is 0 Å². The summed E-state index contributed by atoms with van der Waals surface area (Å²) in [5.74, 6) is 4.19. The molecule has 0 aliphatic carbocycles. The molecule has 2 nitrogen and oxygen atoms in total. The topological polar surface area (TPSA) is 29.5 Å². The highest BCUT2D eigenvalue weighted by Gasteiger charge is 2.26. The third-order valence-corrected chi connectivity index (χ3v) is 2.12. The average molecular weight is 276 g/mol.